The Morgan fingerprint density at radius 1 is 0.977 bits per heavy atom. The van der Waals surface area contributed by atoms with Gasteiger partial charge in [-0.1, -0.05) is 54.6 Å². The van der Waals surface area contributed by atoms with Gasteiger partial charge in [-0.2, -0.15) is 10.4 Å². The molecule has 2 aromatic carbocycles. The molecule has 0 unspecified atom stereocenters. The summed E-state index contributed by atoms with van der Waals surface area (Å²) in [5.74, 6) is -0.697. The van der Waals surface area contributed by atoms with E-state index in [0.717, 1.165) is 33.0 Å². The first kappa shape index (κ1) is 28.8. The molecule has 222 valence electrons. The number of rotatable bonds is 8. The number of piperidine rings is 1. The van der Waals surface area contributed by atoms with Gasteiger partial charge < -0.3 is 21.1 Å². The zero-order valence-electron chi connectivity index (χ0n) is 23.5. The third-order valence-electron chi connectivity index (χ3n) is 7.64. The standard InChI is InChI=1S/C31H29N9O4/c32-18-25-34-15-12-26(35-25)39(31(42,43)44)23-13-16-38(17-14-23)19-20-6-8-21(9-7-20)28-29(22-4-2-1-3-5-22)40-27(36-28)11-10-24(37-40)30(33)41/h1-12,15,23,42-44H,13-14,16-17,19H2,(H2,33,41). The third-order valence-corrected chi connectivity index (χ3v) is 7.64. The SMILES string of the molecule is N#Cc1nccc(N(C2CCN(Cc3ccc(-c4nc5ccc(C(N)=O)nn5c4-c4ccccc4)cc3)CC2)C(O)(O)O)n1. The van der Waals surface area contributed by atoms with Crippen molar-refractivity contribution in [3.8, 4) is 28.6 Å². The van der Waals surface area contributed by atoms with Crippen molar-refractivity contribution >= 4 is 17.4 Å². The van der Waals surface area contributed by atoms with Crippen LogP contribution >= 0.6 is 0 Å². The predicted molar refractivity (Wildman–Crippen MR) is 159 cm³/mol. The Morgan fingerprint density at radius 2 is 1.70 bits per heavy atom. The minimum absolute atomic E-state index is 0.0564. The zero-order valence-corrected chi connectivity index (χ0v) is 23.5. The van der Waals surface area contributed by atoms with Crippen LogP contribution in [0.5, 0.6) is 0 Å². The molecule has 0 bridgehead atoms. The largest absolute Gasteiger partial charge is 0.371 e. The summed E-state index contributed by atoms with van der Waals surface area (Å²) in [4.78, 5) is 27.8. The number of likely N-dealkylation sites (tertiary alicyclic amines) is 1. The van der Waals surface area contributed by atoms with Crippen molar-refractivity contribution in [2.45, 2.75) is 31.5 Å². The lowest BCUT2D eigenvalue weighted by atomic mass is 10.0. The van der Waals surface area contributed by atoms with Crippen molar-refractivity contribution in [3.63, 3.8) is 0 Å². The lowest BCUT2D eigenvalue weighted by molar-refractivity contribution is -0.314. The van der Waals surface area contributed by atoms with Crippen LogP contribution in [-0.4, -0.2) is 75.9 Å². The number of hydrogen-bond donors (Lipinski definition) is 4. The predicted octanol–water partition coefficient (Wildman–Crippen LogP) is 1.88. The Balaban J connectivity index is 1.19. The molecule has 4 heterocycles. The molecule has 1 aliphatic rings. The lowest BCUT2D eigenvalue weighted by Crippen LogP contribution is -2.57. The summed E-state index contributed by atoms with van der Waals surface area (Å²) in [5.41, 5.74) is 10.6. The molecule has 5 aromatic rings. The molecule has 6 rings (SSSR count). The first-order chi connectivity index (χ1) is 21.2. The van der Waals surface area contributed by atoms with Crippen LogP contribution in [0.2, 0.25) is 0 Å². The van der Waals surface area contributed by atoms with Crippen LogP contribution < -0.4 is 10.6 Å². The molecule has 13 heteroatoms. The van der Waals surface area contributed by atoms with E-state index in [2.05, 4.69) is 20.0 Å². The molecule has 0 radical (unpaired) electrons. The maximum Gasteiger partial charge on any atom is 0.371 e. The van der Waals surface area contributed by atoms with E-state index in [0.29, 0.717) is 38.1 Å². The van der Waals surface area contributed by atoms with Crippen molar-refractivity contribution in [3.05, 3.63) is 96.1 Å². The van der Waals surface area contributed by atoms with Gasteiger partial charge >= 0.3 is 6.10 Å². The van der Waals surface area contributed by atoms with E-state index >= 15 is 0 Å². The average molecular weight is 592 g/mol. The van der Waals surface area contributed by atoms with E-state index in [1.807, 2.05) is 60.7 Å². The van der Waals surface area contributed by atoms with Gasteiger partial charge in [0.15, 0.2) is 5.65 Å². The Hall–Kier alpha value is -5.26. The molecule has 0 saturated carbocycles. The first-order valence-corrected chi connectivity index (χ1v) is 14.0. The van der Waals surface area contributed by atoms with Crippen LogP contribution in [0.15, 0.2) is 79.0 Å². The van der Waals surface area contributed by atoms with Gasteiger partial charge in [0, 0.05) is 43.0 Å². The Morgan fingerprint density at radius 3 is 2.36 bits per heavy atom. The van der Waals surface area contributed by atoms with Crippen LogP contribution in [0, 0.1) is 11.3 Å². The summed E-state index contributed by atoms with van der Waals surface area (Å²) >= 11 is 0. The Bertz CT molecular complexity index is 1840. The zero-order chi connectivity index (χ0) is 30.8. The van der Waals surface area contributed by atoms with Gasteiger partial charge in [-0.05, 0) is 36.6 Å². The van der Waals surface area contributed by atoms with Crippen molar-refractivity contribution in [2.75, 3.05) is 18.0 Å². The summed E-state index contributed by atoms with van der Waals surface area (Å²) in [6.07, 6.45) is -0.760. The maximum absolute atomic E-state index is 11.8. The summed E-state index contributed by atoms with van der Waals surface area (Å²) in [7, 11) is 0. The fourth-order valence-electron chi connectivity index (χ4n) is 5.61. The molecule has 1 amide bonds. The number of hydrogen-bond acceptors (Lipinski definition) is 11. The van der Waals surface area contributed by atoms with E-state index in [1.165, 1.54) is 12.3 Å². The van der Waals surface area contributed by atoms with E-state index in [1.54, 1.807) is 16.6 Å². The number of nitrogens with zero attached hydrogens (tertiary/aromatic N) is 8. The minimum atomic E-state index is -3.14. The fraction of sp³-hybridized carbons (Fsp3) is 0.226. The number of fused-ring (bicyclic) bond motifs is 1. The van der Waals surface area contributed by atoms with Crippen LogP contribution in [0.1, 0.15) is 34.7 Å². The smallest absolute Gasteiger partial charge is 0.364 e. The number of anilines is 1. The number of carbonyl (C=O) groups excluding carboxylic acids is 1. The van der Waals surface area contributed by atoms with Crippen LogP contribution in [0.25, 0.3) is 28.2 Å². The van der Waals surface area contributed by atoms with E-state index in [9.17, 15) is 20.1 Å². The summed E-state index contributed by atoms with van der Waals surface area (Å²) in [6.45, 7) is 1.93. The number of primary amides is 1. The highest BCUT2D eigenvalue weighted by Gasteiger charge is 2.38. The number of aliphatic hydroxyl groups is 3. The number of nitrogens with two attached hydrogens (primary N) is 1. The molecule has 5 N–H and O–H groups in total. The van der Waals surface area contributed by atoms with Gasteiger partial charge in [0.25, 0.3) is 5.91 Å². The van der Waals surface area contributed by atoms with Gasteiger partial charge in [0.05, 0.1) is 5.69 Å². The van der Waals surface area contributed by atoms with Gasteiger partial charge in [0.2, 0.25) is 5.82 Å². The van der Waals surface area contributed by atoms with Crippen LogP contribution in [-0.2, 0) is 6.54 Å². The summed E-state index contributed by atoms with van der Waals surface area (Å²) in [6, 6.07) is 23.9. The second-order valence-corrected chi connectivity index (χ2v) is 10.6. The highest BCUT2D eigenvalue weighted by atomic mass is 16.7. The van der Waals surface area contributed by atoms with Gasteiger partial charge in [-0.3, -0.25) is 14.6 Å². The molecule has 1 saturated heterocycles. The molecule has 13 nitrogen and oxygen atoms in total. The Labute approximate surface area is 252 Å². The molecule has 44 heavy (non-hydrogen) atoms. The third kappa shape index (κ3) is 5.83. The van der Waals surface area contributed by atoms with Gasteiger partial charge in [0.1, 0.15) is 23.3 Å². The normalized spacial score (nSPS) is 14.4. The van der Waals surface area contributed by atoms with E-state index in [-0.39, 0.29) is 17.3 Å². The molecule has 1 aliphatic heterocycles. The topological polar surface area (TPSA) is 190 Å². The van der Waals surface area contributed by atoms with Gasteiger partial charge in [-0.25, -0.2) is 19.5 Å². The number of benzene rings is 2. The van der Waals surface area contributed by atoms with Crippen LogP contribution in [0.4, 0.5) is 5.82 Å². The second kappa shape index (κ2) is 11.8. The number of carbonyl (C=O) groups is 1. The molecule has 0 spiro atoms. The number of nitriles is 1. The van der Waals surface area contributed by atoms with Crippen molar-refractivity contribution in [1.29, 1.82) is 5.26 Å². The maximum atomic E-state index is 11.8. The minimum Gasteiger partial charge on any atom is -0.364 e. The molecular formula is C31H29N9O4. The van der Waals surface area contributed by atoms with Crippen molar-refractivity contribution < 1.29 is 20.1 Å². The molecule has 0 atom stereocenters. The molecule has 1 fully saturated rings. The summed E-state index contributed by atoms with van der Waals surface area (Å²) in [5, 5.41) is 43.9. The van der Waals surface area contributed by atoms with Gasteiger partial charge in [-0.15, -0.1) is 0 Å². The fourth-order valence-corrected chi connectivity index (χ4v) is 5.61. The molecule has 0 aliphatic carbocycles. The van der Waals surface area contributed by atoms with E-state index < -0.39 is 18.0 Å². The average Bonchev–Trinajstić information content (AvgIpc) is 3.41. The Kier molecular flexibility index (Phi) is 7.73. The van der Waals surface area contributed by atoms with Crippen molar-refractivity contribution in [1.82, 2.24) is 29.5 Å². The second-order valence-electron chi connectivity index (χ2n) is 10.6. The number of amides is 1. The molecular weight excluding hydrogens is 562 g/mol. The number of imidazole rings is 1. The highest BCUT2D eigenvalue weighted by Crippen LogP contribution is 2.33. The first-order valence-electron chi connectivity index (χ1n) is 14.0. The number of aromatic nitrogens is 5. The lowest BCUT2D eigenvalue weighted by Gasteiger charge is -2.42. The van der Waals surface area contributed by atoms with Crippen LogP contribution in [0.3, 0.4) is 0 Å². The summed E-state index contributed by atoms with van der Waals surface area (Å²) < 4.78 is 1.65. The monoisotopic (exact) mass is 591 g/mol. The molecule has 3 aromatic heterocycles. The highest BCUT2D eigenvalue weighted by molar-refractivity contribution is 5.91. The quantitative estimate of drug-likeness (QED) is 0.193. The van der Waals surface area contributed by atoms with E-state index in [4.69, 9.17) is 16.0 Å². The van der Waals surface area contributed by atoms with Crippen molar-refractivity contribution in [2.24, 2.45) is 5.73 Å².